The predicted molar refractivity (Wildman–Crippen MR) is 143 cm³/mol. The zero-order valence-corrected chi connectivity index (χ0v) is 21.3. The highest BCUT2D eigenvalue weighted by Gasteiger charge is 2.26. The van der Waals surface area contributed by atoms with Crippen LogP contribution in [0.1, 0.15) is 23.2 Å². The molecular formula is C26H29N5O6S. The van der Waals surface area contributed by atoms with Crippen molar-refractivity contribution >= 4 is 33.4 Å². The molecule has 4 rings (SSSR count). The smallest absolute Gasteiger partial charge is 0.323 e. The third-order valence-electron chi connectivity index (χ3n) is 6.16. The van der Waals surface area contributed by atoms with Gasteiger partial charge in [-0.3, -0.25) is 14.4 Å². The summed E-state index contributed by atoms with van der Waals surface area (Å²) in [5.74, 6) is -1.26. The number of nitrogens with zero attached hydrogens (tertiary/aromatic N) is 1. The number of carboxylic acids is 1. The summed E-state index contributed by atoms with van der Waals surface area (Å²) in [4.78, 5) is 40.7. The van der Waals surface area contributed by atoms with Crippen molar-refractivity contribution in [2.45, 2.75) is 29.8 Å². The molecule has 1 fully saturated rings. The number of carbonyl (C=O) groups is 2. The number of anilines is 2. The van der Waals surface area contributed by atoms with Crippen LogP contribution in [0, 0.1) is 0 Å². The maximum absolute atomic E-state index is 12.6. The lowest BCUT2D eigenvalue weighted by Crippen LogP contribution is -2.48. The SMILES string of the molecule is O=C(NC[C@H](NS(=O)(=O)c1ccccc1)C(=O)O)c1ccc(N2CCC[C@H](Nc3cccc(=O)[nH]3)C2)cc1. The summed E-state index contributed by atoms with van der Waals surface area (Å²) in [6.45, 7) is 1.13. The molecule has 0 aliphatic carbocycles. The van der Waals surface area contributed by atoms with Crippen molar-refractivity contribution in [1.82, 2.24) is 15.0 Å². The Hall–Kier alpha value is -4.16. The Kier molecular flexibility index (Phi) is 8.44. The monoisotopic (exact) mass is 539 g/mol. The number of hydrogen-bond donors (Lipinski definition) is 5. The molecule has 12 heteroatoms. The average Bonchev–Trinajstić information content (AvgIpc) is 2.91. The van der Waals surface area contributed by atoms with E-state index in [0.29, 0.717) is 17.9 Å². The van der Waals surface area contributed by atoms with Crippen LogP contribution in [-0.2, 0) is 14.8 Å². The Morgan fingerprint density at radius 1 is 1.03 bits per heavy atom. The molecule has 3 aromatic rings. The Morgan fingerprint density at radius 2 is 1.76 bits per heavy atom. The van der Waals surface area contributed by atoms with Crippen molar-refractivity contribution in [3.8, 4) is 0 Å². The molecule has 2 atom stereocenters. The standard InChI is InChI=1S/C26H29N5O6S/c32-24-10-4-9-23(29-24)28-19-6-5-15-31(17-19)20-13-11-18(12-14-20)25(33)27-16-22(26(34)35)30-38(36,37)21-7-2-1-3-8-21/h1-4,7-14,19,22,30H,5-6,15-17H2,(H,27,33)(H,34,35)(H2,28,29,32)/t19-,22-/m0/s1. The number of H-pyrrole nitrogens is 1. The minimum atomic E-state index is -4.07. The molecule has 1 saturated heterocycles. The van der Waals surface area contributed by atoms with Crippen LogP contribution in [0.15, 0.2) is 82.5 Å². The van der Waals surface area contributed by atoms with E-state index in [9.17, 15) is 27.9 Å². The van der Waals surface area contributed by atoms with Crippen LogP contribution < -0.4 is 25.8 Å². The lowest BCUT2D eigenvalue weighted by molar-refractivity contribution is -0.138. The van der Waals surface area contributed by atoms with Gasteiger partial charge in [0.15, 0.2) is 0 Å². The number of piperidine rings is 1. The fraction of sp³-hybridized carbons (Fsp3) is 0.269. The number of carbonyl (C=O) groups excluding carboxylic acids is 1. The summed E-state index contributed by atoms with van der Waals surface area (Å²) in [6.07, 6.45) is 1.90. The second-order valence-corrected chi connectivity index (χ2v) is 10.7. The van der Waals surface area contributed by atoms with Gasteiger partial charge in [0.05, 0.1) is 4.90 Å². The highest BCUT2D eigenvalue weighted by Crippen LogP contribution is 2.22. The van der Waals surface area contributed by atoms with E-state index < -0.39 is 34.5 Å². The summed E-state index contributed by atoms with van der Waals surface area (Å²) in [7, 11) is -4.07. The summed E-state index contributed by atoms with van der Waals surface area (Å²) < 4.78 is 27.1. The summed E-state index contributed by atoms with van der Waals surface area (Å²) in [5, 5.41) is 15.3. The maximum Gasteiger partial charge on any atom is 0.323 e. The van der Waals surface area contributed by atoms with Gasteiger partial charge >= 0.3 is 5.97 Å². The normalized spacial score (nSPS) is 16.4. The fourth-order valence-corrected chi connectivity index (χ4v) is 5.45. The third-order valence-corrected chi connectivity index (χ3v) is 7.65. The minimum absolute atomic E-state index is 0.0691. The lowest BCUT2D eigenvalue weighted by atomic mass is 10.0. The zero-order valence-electron chi connectivity index (χ0n) is 20.5. The molecule has 5 N–H and O–H groups in total. The van der Waals surface area contributed by atoms with Gasteiger partial charge < -0.3 is 25.6 Å². The van der Waals surface area contributed by atoms with Crippen molar-refractivity contribution in [2.24, 2.45) is 0 Å². The molecule has 38 heavy (non-hydrogen) atoms. The van der Waals surface area contributed by atoms with Crippen LogP contribution in [-0.4, -0.2) is 62.1 Å². The predicted octanol–water partition coefficient (Wildman–Crippen LogP) is 1.62. The second kappa shape index (κ2) is 11.9. The topological polar surface area (TPSA) is 161 Å². The molecule has 2 aromatic carbocycles. The molecular weight excluding hydrogens is 510 g/mol. The van der Waals surface area contributed by atoms with Crippen molar-refractivity contribution in [2.75, 3.05) is 29.9 Å². The maximum atomic E-state index is 12.6. The van der Waals surface area contributed by atoms with Gasteiger partial charge in [0, 0.05) is 43.0 Å². The quantitative estimate of drug-likeness (QED) is 0.260. The largest absolute Gasteiger partial charge is 0.480 e. The van der Waals surface area contributed by atoms with Crippen molar-refractivity contribution in [3.05, 3.63) is 88.7 Å². The number of aromatic nitrogens is 1. The van der Waals surface area contributed by atoms with Gasteiger partial charge in [-0.1, -0.05) is 24.3 Å². The van der Waals surface area contributed by atoms with Gasteiger partial charge in [-0.15, -0.1) is 0 Å². The van der Waals surface area contributed by atoms with Crippen molar-refractivity contribution in [3.63, 3.8) is 0 Å². The summed E-state index contributed by atoms with van der Waals surface area (Å²) >= 11 is 0. The van der Waals surface area contributed by atoms with E-state index in [-0.39, 0.29) is 16.5 Å². The van der Waals surface area contributed by atoms with Crippen LogP contribution in [0.4, 0.5) is 11.5 Å². The molecule has 0 radical (unpaired) electrons. The number of amides is 1. The number of nitrogens with one attached hydrogen (secondary N) is 4. The number of carboxylic acid groups (broad SMARTS) is 1. The Bertz CT molecular complexity index is 1430. The molecule has 200 valence electrons. The van der Waals surface area contributed by atoms with Crippen LogP contribution in [0.25, 0.3) is 0 Å². The van der Waals surface area contributed by atoms with Crippen molar-refractivity contribution < 1.29 is 23.1 Å². The molecule has 0 spiro atoms. The van der Waals surface area contributed by atoms with Gasteiger partial charge in [0.1, 0.15) is 11.9 Å². The second-order valence-electron chi connectivity index (χ2n) is 8.94. The molecule has 0 saturated carbocycles. The molecule has 11 nitrogen and oxygen atoms in total. The zero-order chi connectivity index (χ0) is 27.1. The number of sulfonamides is 1. The average molecular weight is 540 g/mol. The number of aromatic amines is 1. The summed E-state index contributed by atoms with van der Waals surface area (Å²) in [5.41, 5.74) is 1.07. The number of benzene rings is 2. The molecule has 2 heterocycles. The Morgan fingerprint density at radius 3 is 2.45 bits per heavy atom. The van der Waals surface area contributed by atoms with Gasteiger partial charge in [-0.05, 0) is 55.3 Å². The van der Waals surface area contributed by atoms with E-state index in [1.54, 1.807) is 24.3 Å². The first kappa shape index (κ1) is 26.9. The van der Waals surface area contributed by atoms with Crippen LogP contribution >= 0.6 is 0 Å². The molecule has 1 aliphatic rings. The first-order valence-corrected chi connectivity index (χ1v) is 13.6. The fourth-order valence-electron chi connectivity index (χ4n) is 4.24. The van der Waals surface area contributed by atoms with Crippen LogP contribution in [0.3, 0.4) is 0 Å². The first-order valence-electron chi connectivity index (χ1n) is 12.1. The number of pyridine rings is 1. The molecule has 1 amide bonds. The van der Waals surface area contributed by atoms with E-state index in [1.165, 1.54) is 30.3 Å². The third kappa shape index (κ3) is 6.99. The van der Waals surface area contributed by atoms with Crippen LogP contribution in [0.5, 0.6) is 0 Å². The van der Waals surface area contributed by atoms with E-state index in [0.717, 1.165) is 25.1 Å². The van der Waals surface area contributed by atoms with Gasteiger partial charge in [-0.25, -0.2) is 8.42 Å². The van der Waals surface area contributed by atoms with E-state index in [2.05, 4.69) is 25.2 Å². The van der Waals surface area contributed by atoms with Crippen molar-refractivity contribution in [1.29, 1.82) is 0 Å². The number of aliphatic carboxylic acids is 1. The number of rotatable bonds is 10. The highest BCUT2D eigenvalue weighted by molar-refractivity contribution is 7.89. The molecule has 0 unspecified atom stereocenters. The van der Waals surface area contributed by atoms with Crippen LogP contribution in [0.2, 0.25) is 0 Å². The summed E-state index contributed by atoms with van der Waals surface area (Å²) in [6, 6.07) is 17.9. The Balaban J connectivity index is 1.34. The first-order chi connectivity index (χ1) is 18.2. The highest BCUT2D eigenvalue weighted by atomic mass is 32.2. The van der Waals surface area contributed by atoms with E-state index >= 15 is 0 Å². The lowest BCUT2D eigenvalue weighted by Gasteiger charge is -2.35. The van der Waals surface area contributed by atoms with E-state index in [1.807, 2.05) is 18.2 Å². The minimum Gasteiger partial charge on any atom is -0.480 e. The number of hydrogen-bond acceptors (Lipinski definition) is 7. The van der Waals surface area contributed by atoms with Gasteiger partial charge in [-0.2, -0.15) is 4.72 Å². The van der Waals surface area contributed by atoms with E-state index in [4.69, 9.17) is 0 Å². The molecule has 1 aliphatic heterocycles. The van der Waals surface area contributed by atoms with Gasteiger partial charge in [0.2, 0.25) is 15.6 Å². The Labute approximate surface area is 219 Å². The van der Waals surface area contributed by atoms with Gasteiger partial charge in [0.25, 0.3) is 5.91 Å². The molecule has 0 bridgehead atoms. The molecule has 1 aromatic heterocycles.